The summed E-state index contributed by atoms with van der Waals surface area (Å²) in [4.78, 5) is 16.4. The number of nitrogens with one attached hydrogen (secondary N) is 1. The first-order chi connectivity index (χ1) is 12.6. The van der Waals surface area contributed by atoms with Gasteiger partial charge in [0.2, 0.25) is 0 Å². The summed E-state index contributed by atoms with van der Waals surface area (Å²) in [5, 5.41) is 3.11. The maximum Gasteiger partial charge on any atom is 0.257 e. The first-order valence-electron chi connectivity index (χ1n) is 8.31. The van der Waals surface area contributed by atoms with Crippen molar-refractivity contribution in [3.05, 3.63) is 59.9 Å². The predicted molar refractivity (Wildman–Crippen MR) is 103 cm³/mol. The Morgan fingerprint density at radius 2 is 1.65 bits per heavy atom. The number of benzene rings is 2. The maximum atomic E-state index is 12.9. The highest BCUT2D eigenvalue weighted by Gasteiger charge is 2.20. The molecular weight excluding hydrogens is 353 g/mol. The molecule has 1 N–H and O–H groups in total. The molecule has 26 heavy (non-hydrogen) atoms. The van der Waals surface area contributed by atoms with Crippen molar-refractivity contribution in [1.82, 2.24) is 10.2 Å². The van der Waals surface area contributed by atoms with Crippen LogP contribution in [0.1, 0.15) is 10.4 Å². The number of thiocarbonyl (C=S) groups is 1. The number of hydrogen-bond donors (Lipinski definition) is 1. The topological polar surface area (TPSA) is 44.8 Å². The largest absolute Gasteiger partial charge is 0.497 e. The van der Waals surface area contributed by atoms with Gasteiger partial charge in [0.15, 0.2) is 5.11 Å². The zero-order valence-electron chi connectivity index (χ0n) is 14.4. The van der Waals surface area contributed by atoms with Gasteiger partial charge in [-0.3, -0.25) is 10.1 Å². The van der Waals surface area contributed by atoms with Crippen molar-refractivity contribution in [1.29, 1.82) is 0 Å². The molecular formula is C19H20FN3O2S. The van der Waals surface area contributed by atoms with E-state index in [2.05, 4.69) is 10.2 Å². The third kappa shape index (κ3) is 4.29. The van der Waals surface area contributed by atoms with Crippen molar-refractivity contribution in [2.24, 2.45) is 0 Å². The molecule has 1 amide bonds. The Morgan fingerprint density at radius 3 is 2.23 bits per heavy atom. The molecule has 0 saturated carbocycles. The average Bonchev–Trinajstić information content (AvgIpc) is 2.68. The number of rotatable bonds is 3. The number of carbonyl (C=O) groups excluding carboxylic acids is 1. The zero-order valence-corrected chi connectivity index (χ0v) is 15.3. The molecule has 2 aromatic carbocycles. The van der Waals surface area contributed by atoms with Crippen molar-refractivity contribution >= 4 is 28.9 Å². The van der Waals surface area contributed by atoms with Crippen LogP contribution in [0.5, 0.6) is 5.75 Å². The lowest BCUT2D eigenvalue weighted by molar-refractivity contribution is 0.0973. The van der Waals surface area contributed by atoms with Gasteiger partial charge in [-0.1, -0.05) is 0 Å². The van der Waals surface area contributed by atoms with E-state index >= 15 is 0 Å². The van der Waals surface area contributed by atoms with Crippen LogP contribution in [0.15, 0.2) is 48.5 Å². The summed E-state index contributed by atoms with van der Waals surface area (Å²) in [6, 6.07) is 13.3. The maximum absolute atomic E-state index is 12.9. The second kappa shape index (κ2) is 8.14. The fourth-order valence-corrected chi connectivity index (χ4v) is 3.09. The SMILES string of the molecule is COc1ccc(N2CCN(C(=S)NC(=O)c3ccc(F)cc3)CC2)cc1. The molecule has 1 aliphatic rings. The first-order valence-corrected chi connectivity index (χ1v) is 8.72. The summed E-state index contributed by atoms with van der Waals surface area (Å²) in [5.74, 6) is 0.128. The third-order valence-electron chi connectivity index (χ3n) is 4.33. The smallest absolute Gasteiger partial charge is 0.257 e. The van der Waals surface area contributed by atoms with Crippen molar-refractivity contribution in [2.45, 2.75) is 0 Å². The molecule has 1 saturated heterocycles. The van der Waals surface area contributed by atoms with Crippen LogP contribution in [0.4, 0.5) is 10.1 Å². The number of piperazine rings is 1. The molecule has 136 valence electrons. The van der Waals surface area contributed by atoms with E-state index in [1.165, 1.54) is 24.3 Å². The van der Waals surface area contributed by atoms with Crippen LogP contribution in [0.25, 0.3) is 0 Å². The van der Waals surface area contributed by atoms with Crippen molar-refractivity contribution in [3.8, 4) is 5.75 Å². The number of hydrogen-bond acceptors (Lipinski definition) is 4. The van der Waals surface area contributed by atoms with E-state index < -0.39 is 0 Å². The van der Waals surface area contributed by atoms with Gasteiger partial charge >= 0.3 is 0 Å². The number of carbonyl (C=O) groups is 1. The van der Waals surface area contributed by atoms with Crippen molar-refractivity contribution in [2.75, 3.05) is 38.2 Å². The molecule has 0 aromatic heterocycles. The average molecular weight is 373 g/mol. The van der Waals surface area contributed by atoms with Gasteiger partial charge in [-0.2, -0.15) is 0 Å². The summed E-state index contributed by atoms with van der Waals surface area (Å²) in [7, 11) is 1.65. The Morgan fingerprint density at radius 1 is 1.04 bits per heavy atom. The number of amides is 1. The molecule has 7 heteroatoms. The van der Waals surface area contributed by atoms with Crippen LogP contribution < -0.4 is 15.0 Å². The predicted octanol–water partition coefficient (Wildman–Crippen LogP) is 2.67. The van der Waals surface area contributed by atoms with E-state index in [9.17, 15) is 9.18 Å². The highest BCUT2D eigenvalue weighted by atomic mass is 32.1. The van der Waals surface area contributed by atoms with Gasteiger partial charge in [0.05, 0.1) is 7.11 Å². The molecule has 0 atom stereocenters. The van der Waals surface area contributed by atoms with Gasteiger partial charge in [-0.25, -0.2) is 4.39 Å². The number of halogens is 1. The second-order valence-electron chi connectivity index (χ2n) is 5.94. The van der Waals surface area contributed by atoms with Crippen molar-refractivity contribution in [3.63, 3.8) is 0 Å². The molecule has 0 unspecified atom stereocenters. The lowest BCUT2D eigenvalue weighted by Crippen LogP contribution is -2.52. The molecule has 2 aromatic rings. The van der Waals surface area contributed by atoms with E-state index in [1.807, 2.05) is 29.2 Å². The fourth-order valence-electron chi connectivity index (χ4n) is 2.81. The van der Waals surface area contributed by atoms with Gasteiger partial charge in [-0.05, 0) is 60.7 Å². The van der Waals surface area contributed by atoms with E-state index in [4.69, 9.17) is 17.0 Å². The number of methoxy groups -OCH3 is 1. The first kappa shape index (κ1) is 18.1. The minimum atomic E-state index is -0.376. The number of anilines is 1. The van der Waals surface area contributed by atoms with Crippen LogP contribution in [0.2, 0.25) is 0 Å². The normalized spacial score (nSPS) is 14.1. The summed E-state index contributed by atoms with van der Waals surface area (Å²) >= 11 is 5.35. The highest BCUT2D eigenvalue weighted by molar-refractivity contribution is 7.80. The van der Waals surface area contributed by atoms with Gasteiger partial charge in [-0.15, -0.1) is 0 Å². The van der Waals surface area contributed by atoms with Gasteiger partial charge in [0, 0.05) is 37.4 Å². The Labute approximate surface area is 157 Å². The standard InChI is InChI=1S/C19H20FN3O2S/c1-25-17-8-6-16(7-9-17)22-10-12-23(13-11-22)19(26)21-18(24)14-2-4-15(20)5-3-14/h2-9H,10-13H2,1H3,(H,21,24,26). The van der Waals surface area contributed by atoms with Crippen LogP contribution >= 0.6 is 12.2 Å². The molecule has 1 aliphatic heterocycles. The minimum Gasteiger partial charge on any atom is -0.497 e. The molecule has 0 spiro atoms. The molecule has 1 heterocycles. The molecule has 0 bridgehead atoms. The Hall–Kier alpha value is -2.67. The second-order valence-corrected chi connectivity index (χ2v) is 6.32. The zero-order chi connectivity index (χ0) is 18.5. The van der Waals surface area contributed by atoms with Gasteiger partial charge < -0.3 is 14.5 Å². The Bertz CT molecular complexity index is 772. The molecule has 0 aliphatic carbocycles. The number of nitrogens with zero attached hydrogens (tertiary/aromatic N) is 2. The third-order valence-corrected chi connectivity index (χ3v) is 4.69. The van der Waals surface area contributed by atoms with Crippen LogP contribution in [0, 0.1) is 5.82 Å². The van der Waals surface area contributed by atoms with Gasteiger partial charge in [0.1, 0.15) is 11.6 Å². The fraction of sp³-hybridized carbons (Fsp3) is 0.263. The summed E-state index contributed by atoms with van der Waals surface area (Å²) in [6.07, 6.45) is 0. The Balaban J connectivity index is 1.52. The lowest BCUT2D eigenvalue weighted by atomic mass is 10.2. The summed E-state index contributed by atoms with van der Waals surface area (Å²) < 4.78 is 18.1. The molecule has 3 rings (SSSR count). The summed E-state index contributed by atoms with van der Waals surface area (Å²) in [5.41, 5.74) is 1.51. The van der Waals surface area contributed by atoms with Crippen molar-refractivity contribution < 1.29 is 13.9 Å². The summed E-state index contributed by atoms with van der Waals surface area (Å²) in [6.45, 7) is 3.04. The van der Waals surface area contributed by atoms with E-state index in [0.717, 1.165) is 24.5 Å². The number of ether oxygens (including phenoxy) is 1. The minimum absolute atomic E-state index is 0.326. The molecule has 0 radical (unpaired) electrons. The van der Waals surface area contributed by atoms with E-state index in [1.54, 1.807) is 7.11 Å². The van der Waals surface area contributed by atoms with Gasteiger partial charge in [0.25, 0.3) is 5.91 Å². The lowest BCUT2D eigenvalue weighted by Gasteiger charge is -2.37. The van der Waals surface area contributed by atoms with E-state index in [-0.39, 0.29) is 11.7 Å². The molecule has 1 fully saturated rings. The van der Waals surface area contributed by atoms with Crippen LogP contribution in [-0.4, -0.2) is 49.2 Å². The Kier molecular flexibility index (Phi) is 5.68. The highest BCUT2D eigenvalue weighted by Crippen LogP contribution is 2.20. The quantitative estimate of drug-likeness (QED) is 0.838. The molecule has 5 nitrogen and oxygen atoms in total. The van der Waals surface area contributed by atoms with Crippen LogP contribution in [-0.2, 0) is 0 Å². The van der Waals surface area contributed by atoms with E-state index in [0.29, 0.717) is 23.8 Å². The van der Waals surface area contributed by atoms with Crippen LogP contribution in [0.3, 0.4) is 0 Å². The monoisotopic (exact) mass is 373 g/mol.